The predicted molar refractivity (Wildman–Crippen MR) is 75.8 cm³/mol. The molecule has 0 aliphatic carbocycles. The van der Waals surface area contributed by atoms with Crippen LogP contribution >= 0.6 is 27.5 Å². The van der Waals surface area contributed by atoms with Crippen LogP contribution in [0.5, 0.6) is 0 Å². The minimum Gasteiger partial charge on any atom is -0.350 e. The first kappa shape index (κ1) is 14.5. The molecule has 0 heterocycles. The lowest BCUT2D eigenvalue weighted by Crippen LogP contribution is -2.49. The summed E-state index contributed by atoms with van der Waals surface area (Å²) in [6.07, 6.45) is 0.351. The smallest absolute Gasteiger partial charge is 0.224 e. The molecule has 1 rings (SSSR count). The second-order valence-corrected chi connectivity index (χ2v) is 6.50. The molecule has 4 heteroatoms. The summed E-state index contributed by atoms with van der Waals surface area (Å²) in [6.45, 7) is 5.99. The minimum absolute atomic E-state index is 0.00330. The van der Waals surface area contributed by atoms with Crippen LogP contribution in [0.3, 0.4) is 0 Å². The average molecular weight is 319 g/mol. The molecule has 1 aromatic carbocycles. The molecule has 94 valence electrons. The van der Waals surface area contributed by atoms with Crippen molar-refractivity contribution in [2.24, 2.45) is 0 Å². The van der Waals surface area contributed by atoms with Gasteiger partial charge in [0.25, 0.3) is 0 Å². The fourth-order valence-corrected chi connectivity index (χ4v) is 1.66. The van der Waals surface area contributed by atoms with Gasteiger partial charge in [-0.3, -0.25) is 4.79 Å². The van der Waals surface area contributed by atoms with Crippen molar-refractivity contribution in [1.29, 1.82) is 0 Å². The third-order valence-electron chi connectivity index (χ3n) is 2.71. The Labute approximate surface area is 116 Å². The SMILES string of the molecule is CC(Br)C(C)(C)NC(=O)Cc1cccc(Cl)c1. The van der Waals surface area contributed by atoms with E-state index < -0.39 is 0 Å². The Hall–Kier alpha value is -0.540. The molecule has 1 amide bonds. The van der Waals surface area contributed by atoms with Crippen molar-refractivity contribution in [3.8, 4) is 0 Å². The van der Waals surface area contributed by atoms with Crippen LogP contribution in [0.25, 0.3) is 0 Å². The fourth-order valence-electron chi connectivity index (χ4n) is 1.34. The van der Waals surface area contributed by atoms with E-state index in [4.69, 9.17) is 11.6 Å². The molecule has 0 aromatic heterocycles. The van der Waals surface area contributed by atoms with Gasteiger partial charge < -0.3 is 5.32 Å². The minimum atomic E-state index is -0.268. The lowest BCUT2D eigenvalue weighted by molar-refractivity contribution is -0.121. The topological polar surface area (TPSA) is 29.1 Å². The number of hydrogen-bond donors (Lipinski definition) is 1. The largest absolute Gasteiger partial charge is 0.350 e. The second-order valence-electron chi connectivity index (χ2n) is 4.69. The van der Waals surface area contributed by atoms with Crippen LogP contribution in [0, 0.1) is 0 Å². The predicted octanol–water partition coefficient (Wildman–Crippen LogP) is 3.56. The van der Waals surface area contributed by atoms with Gasteiger partial charge in [-0.25, -0.2) is 0 Å². The van der Waals surface area contributed by atoms with Gasteiger partial charge in [-0.15, -0.1) is 0 Å². The van der Waals surface area contributed by atoms with E-state index >= 15 is 0 Å². The number of hydrogen-bond acceptors (Lipinski definition) is 1. The van der Waals surface area contributed by atoms with Crippen molar-refractivity contribution < 1.29 is 4.79 Å². The normalized spacial score (nSPS) is 13.2. The molecule has 0 radical (unpaired) electrons. The summed E-state index contributed by atoms with van der Waals surface area (Å²) in [5, 5.41) is 3.65. The summed E-state index contributed by atoms with van der Waals surface area (Å²) in [7, 11) is 0. The Kier molecular flexibility index (Phi) is 5.02. The number of benzene rings is 1. The molecule has 0 fully saturated rings. The molecular weight excluding hydrogens is 302 g/mol. The van der Waals surface area contributed by atoms with Gasteiger partial charge in [0.1, 0.15) is 0 Å². The summed E-state index contributed by atoms with van der Waals surface area (Å²) in [4.78, 5) is 12.1. The Balaban J connectivity index is 2.62. The highest BCUT2D eigenvalue weighted by Crippen LogP contribution is 2.17. The van der Waals surface area contributed by atoms with Crippen molar-refractivity contribution in [3.05, 3.63) is 34.9 Å². The number of carbonyl (C=O) groups excluding carboxylic acids is 1. The molecule has 17 heavy (non-hydrogen) atoms. The molecule has 2 nitrogen and oxygen atoms in total. The van der Waals surface area contributed by atoms with Crippen molar-refractivity contribution in [2.75, 3.05) is 0 Å². The molecule has 1 aromatic rings. The summed E-state index contributed by atoms with van der Waals surface area (Å²) in [5.41, 5.74) is 0.656. The van der Waals surface area contributed by atoms with Crippen LogP contribution in [0.4, 0.5) is 0 Å². The van der Waals surface area contributed by atoms with Crippen molar-refractivity contribution in [3.63, 3.8) is 0 Å². The van der Waals surface area contributed by atoms with Gasteiger partial charge in [-0.2, -0.15) is 0 Å². The number of alkyl halides is 1. The maximum absolute atomic E-state index is 11.9. The third-order valence-corrected chi connectivity index (χ3v) is 4.09. The van der Waals surface area contributed by atoms with E-state index in [2.05, 4.69) is 21.2 Å². The van der Waals surface area contributed by atoms with Crippen LogP contribution in [-0.4, -0.2) is 16.3 Å². The van der Waals surface area contributed by atoms with Gasteiger partial charge in [-0.05, 0) is 31.5 Å². The summed E-state index contributed by atoms with van der Waals surface area (Å²) in [5.74, 6) is 0.00330. The molecule has 0 bridgehead atoms. The quantitative estimate of drug-likeness (QED) is 0.845. The zero-order chi connectivity index (χ0) is 13.1. The molecular formula is C13H17BrClNO. The standard InChI is InChI=1S/C13H17BrClNO/c1-9(14)13(2,3)16-12(17)8-10-5-4-6-11(15)7-10/h4-7,9H,8H2,1-3H3,(H,16,17). The maximum Gasteiger partial charge on any atom is 0.224 e. The average Bonchev–Trinajstić information content (AvgIpc) is 2.15. The number of halogens is 2. The van der Waals surface area contributed by atoms with E-state index in [1.165, 1.54) is 0 Å². The van der Waals surface area contributed by atoms with Crippen molar-refractivity contribution in [2.45, 2.75) is 37.6 Å². The van der Waals surface area contributed by atoms with Gasteiger partial charge >= 0.3 is 0 Å². The Morgan fingerprint density at radius 1 is 1.53 bits per heavy atom. The first-order valence-corrected chi connectivity index (χ1v) is 6.80. The van der Waals surface area contributed by atoms with E-state index in [-0.39, 0.29) is 16.3 Å². The highest BCUT2D eigenvalue weighted by atomic mass is 79.9. The molecule has 0 aliphatic rings. The van der Waals surface area contributed by atoms with Crippen molar-refractivity contribution >= 4 is 33.4 Å². The lowest BCUT2D eigenvalue weighted by atomic mass is 10.0. The molecule has 1 unspecified atom stereocenters. The molecule has 0 aliphatic heterocycles. The monoisotopic (exact) mass is 317 g/mol. The molecule has 1 N–H and O–H groups in total. The Bertz CT molecular complexity index is 404. The van der Waals surface area contributed by atoms with Gasteiger partial charge in [0.05, 0.1) is 6.42 Å². The molecule has 1 atom stereocenters. The second kappa shape index (κ2) is 5.87. The zero-order valence-electron chi connectivity index (χ0n) is 10.3. The lowest BCUT2D eigenvalue weighted by Gasteiger charge is -2.29. The van der Waals surface area contributed by atoms with Crippen molar-refractivity contribution in [1.82, 2.24) is 5.32 Å². The van der Waals surface area contributed by atoms with Crippen LogP contribution in [0.2, 0.25) is 5.02 Å². The maximum atomic E-state index is 11.9. The fraction of sp³-hybridized carbons (Fsp3) is 0.462. The number of nitrogens with one attached hydrogen (secondary N) is 1. The van der Waals surface area contributed by atoms with Crippen LogP contribution < -0.4 is 5.32 Å². The zero-order valence-corrected chi connectivity index (χ0v) is 12.6. The highest BCUT2D eigenvalue weighted by Gasteiger charge is 2.25. The van der Waals surface area contributed by atoms with E-state index in [9.17, 15) is 4.79 Å². The van der Waals surface area contributed by atoms with E-state index in [1.54, 1.807) is 6.07 Å². The van der Waals surface area contributed by atoms with E-state index in [0.717, 1.165) is 5.56 Å². The van der Waals surface area contributed by atoms with Gasteiger partial charge in [0.15, 0.2) is 0 Å². The van der Waals surface area contributed by atoms with Crippen LogP contribution in [-0.2, 0) is 11.2 Å². The third kappa shape index (κ3) is 4.68. The summed E-state index contributed by atoms with van der Waals surface area (Å²) in [6, 6.07) is 7.36. The Morgan fingerprint density at radius 2 is 2.18 bits per heavy atom. The first-order valence-electron chi connectivity index (χ1n) is 5.51. The van der Waals surface area contributed by atoms with Gasteiger partial charge in [0, 0.05) is 15.4 Å². The first-order chi connectivity index (χ1) is 7.81. The number of rotatable bonds is 4. The summed E-state index contributed by atoms with van der Waals surface area (Å²) < 4.78 is 0. The molecule has 0 saturated heterocycles. The molecule has 0 spiro atoms. The number of carbonyl (C=O) groups is 1. The highest BCUT2D eigenvalue weighted by molar-refractivity contribution is 9.09. The molecule has 0 saturated carbocycles. The van der Waals surface area contributed by atoms with Crippen LogP contribution in [0.1, 0.15) is 26.3 Å². The summed E-state index contributed by atoms with van der Waals surface area (Å²) >= 11 is 9.36. The number of amides is 1. The van der Waals surface area contributed by atoms with Gasteiger partial charge in [-0.1, -0.05) is 46.6 Å². The van der Waals surface area contributed by atoms with E-state index in [1.807, 2.05) is 39.0 Å². The van der Waals surface area contributed by atoms with Gasteiger partial charge in [0.2, 0.25) is 5.91 Å². The Morgan fingerprint density at radius 3 is 2.71 bits per heavy atom. The van der Waals surface area contributed by atoms with Crippen LogP contribution in [0.15, 0.2) is 24.3 Å². The van der Waals surface area contributed by atoms with E-state index in [0.29, 0.717) is 11.4 Å².